The molecule has 3 heterocycles. The summed E-state index contributed by atoms with van der Waals surface area (Å²) < 4.78 is 70.3. The van der Waals surface area contributed by atoms with Crippen LogP contribution < -0.4 is 10.1 Å². The van der Waals surface area contributed by atoms with Crippen molar-refractivity contribution in [2.75, 3.05) is 32.8 Å². The van der Waals surface area contributed by atoms with Gasteiger partial charge in [-0.1, -0.05) is 6.92 Å². The van der Waals surface area contributed by atoms with Crippen LogP contribution in [0.4, 0.5) is 26.3 Å². The number of hydrogen-bond donors (Lipinski definition) is 4. The second kappa shape index (κ2) is 15.7. The highest BCUT2D eigenvalue weighted by atomic mass is 79.9. The number of imidazole rings is 1. The maximum absolute atomic E-state index is 10.6. The number of piperidine rings is 1. The van der Waals surface area contributed by atoms with Gasteiger partial charge in [0, 0.05) is 35.4 Å². The lowest BCUT2D eigenvalue weighted by atomic mass is 10.1. The van der Waals surface area contributed by atoms with E-state index in [1.165, 1.54) is 19.4 Å². The Kier molecular flexibility index (Phi) is 13.0. The van der Waals surface area contributed by atoms with Crippen molar-refractivity contribution in [2.45, 2.75) is 38.2 Å². The highest BCUT2D eigenvalue weighted by molar-refractivity contribution is 9.10. The summed E-state index contributed by atoms with van der Waals surface area (Å²) in [7, 11) is 0. The largest absolute Gasteiger partial charge is 0.492 e. The fraction of sp³-hybridized carbons (Fsp3) is 0.440. The number of nitrogens with zero attached hydrogens (tertiary/aromatic N) is 3. The molecular weight excluding hydrogens is 644 g/mol. The first kappa shape index (κ1) is 34.8. The van der Waals surface area contributed by atoms with E-state index in [1.54, 1.807) is 6.20 Å². The topological polar surface area (TPSA) is 141 Å². The Morgan fingerprint density at radius 2 is 1.71 bits per heavy atom. The van der Waals surface area contributed by atoms with Crippen molar-refractivity contribution < 1.29 is 50.9 Å². The van der Waals surface area contributed by atoms with E-state index in [9.17, 15) is 26.3 Å². The number of likely N-dealkylation sites (N-methyl/N-ethyl adjacent to an activating group) is 1. The number of nitrogens with one attached hydrogen (secondary N) is 2. The number of pyridine rings is 1. The average Bonchev–Trinajstić information content (AvgIpc) is 3.34. The number of ether oxygens (including phenoxy) is 1. The predicted molar refractivity (Wildman–Crippen MR) is 143 cm³/mol. The minimum Gasteiger partial charge on any atom is -0.492 e. The van der Waals surface area contributed by atoms with E-state index in [1.807, 2.05) is 30.3 Å². The molecule has 0 radical (unpaired) electrons. The molecule has 1 atom stereocenters. The molecule has 4 rings (SSSR count). The zero-order chi connectivity index (χ0) is 31.5. The summed E-state index contributed by atoms with van der Waals surface area (Å²) in [6.07, 6.45) is -5.87. The number of carbonyl (C=O) groups is 2. The third-order valence-corrected chi connectivity index (χ3v) is 6.11. The summed E-state index contributed by atoms with van der Waals surface area (Å²) >= 11 is 3.43. The summed E-state index contributed by atoms with van der Waals surface area (Å²) in [6.45, 7) is 7.29. The van der Waals surface area contributed by atoms with Crippen LogP contribution in [0.1, 0.15) is 19.8 Å². The fourth-order valence-electron chi connectivity index (χ4n) is 3.66. The van der Waals surface area contributed by atoms with Crippen molar-refractivity contribution in [3.63, 3.8) is 0 Å². The lowest BCUT2D eigenvalue weighted by Gasteiger charge is -2.32. The third-order valence-electron chi connectivity index (χ3n) is 5.67. The van der Waals surface area contributed by atoms with Crippen LogP contribution in [0, 0.1) is 0 Å². The van der Waals surface area contributed by atoms with E-state index in [0.717, 1.165) is 46.8 Å². The van der Waals surface area contributed by atoms with Gasteiger partial charge in [0.1, 0.15) is 18.2 Å². The monoisotopic (exact) mass is 671 g/mol. The quantitative estimate of drug-likeness (QED) is 0.199. The zero-order valence-corrected chi connectivity index (χ0v) is 23.7. The second-order valence-electron chi connectivity index (χ2n) is 8.78. The van der Waals surface area contributed by atoms with Gasteiger partial charge in [0.05, 0.1) is 5.52 Å². The summed E-state index contributed by atoms with van der Waals surface area (Å²) in [4.78, 5) is 32.5. The lowest BCUT2D eigenvalue weighted by Crippen LogP contribution is -2.46. The van der Waals surface area contributed by atoms with E-state index in [2.05, 4.69) is 48.0 Å². The Labute approximate surface area is 244 Å². The number of H-pyrrole nitrogens is 1. The first-order valence-electron chi connectivity index (χ1n) is 12.4. The molecule has 0 amide bonds. The molecule has 1 fully saturated rings. The molecule has 1 saturated heterocycles. The van der Waals surface area contributed by atoms with Gasteiger partial charge in [0.25, 0.3) is 0 Å². The van der Waals surface area contributed by atoms with Crippen LogP contribution in [0.15, 0.2) is 41.0 Å². The number of aromatic nitrogens is 3. The van der Waals surface area contributed by atoms with Gasteiger partial charge in [-0.15, -0.1) is 0 Å². The first-order chi connectivity index (χ1) is 19.6. The molecule has 42 heavy (non-hydrogen) atoms. The molecule has 0 spiro atoms. The summed E-state index contributed by atoms with van der Waals surface area (Å²) in [5, 5.41) is 17.9. The van der Waals surface area contributed by atoms with Crippen LogP contribution in [-0.4, -0.2) is 93.2 Å². The van der Waals surface area contributed by atoms with Gasteiger partial charge >= 0.3 is 24.3 Å². The maximum Gasteiger partial charge on any atom is 0.490 e. The minimum absolute atomic E-state index is 0.585. The van der Waals surface area contributed by atoms with Crippen LogP contribution >= 0.6 is 15.9 Å². The van der Waals surface area contributed by atoms with Gasteiger partial charge in [0.15, 0.2) is 5.65 Å². The molecule has 10 nitrogen and oxygen atoms in total. The van der Waals surface area contributed by atoms with Gasteiger partial charge < -0.3 is 30.2 Å². The Morgan fingerprint density at radius 1 is 1.12 bits per heavy atom. The lowest BCUT2D eigenvalue weighted by molar-refractivity contribution is -0.193. The number of carboxylic acids is 2. The fourth-order valence-corrected chi connectivity index (χ4v) is 3.99. The standard InChI is InChI=1S/C21H26BrN5O.2C2HF3O2/c1-2-27-10-3-4-17(14-27)23-9-11-28-18-7-5-15(6-8-18)20-25-19-12-16(22)13-24-21(19)26-20;2*3-2(4,5)1(6)7/h5-8,12-13,17,23H,2-4,9-11,14H2,1H3,(H,24,25,26);2*(H,6,7). The number of likely N-dealkylation sites (tertiary alicyclic amines) is 1. The molecule has 0 saturated carbocycles. The molecule has 1 aliphatic heterocycles. The van der Waals surface area contributed by atoms with Crippen molar-refractivity contribution in [3.8, 4) is 17.1 Å². The van der Waals surface area contributed by atoms with E-state index in [0.29, 0.717) is 18.3 Å². The highest BCUT2D eigenvalue weighted by Gasteiger charge is 2.38. The third kappa shape index (κ3) is 11.8. The number of aliphatic carboxylic acids is 2. The normalized spacial score (nSPS) is 15.7. The van der Waals surface area contributed by atoms with E-state index in [-0.39, 0.29) is 0 Å². The highest BCUT2D eigenvalue weighted by Crippen LogP contribution is 2.23. The summed E-state index contributed by atoms with van der Waals surface area (Å²) in [6, 6.07) is 10.6. The van der Waals surface area contributed by atoms with Crippen molar-refractivity contribution >= 4 is 39.0 Å². The molecule has 1 aromatic carbocycles. The van der Waals surface area contributed by atoms with Gasteiger partial charge in [-0.3, -0.25) is 0 Å². The molecular formula is C25H28BrF6N5O5. The average molecular weight is 672 g/mol. The predicted octanol–water partition coefficient (Wildman–Crippen LogP) is 5.11. The van der Waals surface area contributed by atoms with Crippen molar-refractivity contribution in [2.24, 2.45) is 0 Å². The summed E-state index contributed by atoms with van der Waals surface area (Å²) in [5.41, 5.74) is 2.65. The van der Waals surface area contributed by atoms with Crippen LogP contribution in [0.2, 0.25) is 0 Å². The van der Waals surface area contributed by atoms with Crippen LogP contribution in [0.3, 0.4) is 0 Å². The molecule has 0 aliphatic carbocycles. The Bertz CT molecular complexity index is 1280. The second-order valence-corrected chi connectivity index (χ2v) is 9.69. The smallest absolute Gasteiger partial charge is 0.490 e. The number of fused-ring (bicyclic) bond motifs is 1. The minimum atomic E-state index is -5.08. The van der Waals surface area contributed by atoms with Crippen LogP contribution in [0.5, 0.6) is 5.75 Å². The molecule has 3 aromatic rings. The molecule has 4 N–H and O–H groups in total. The molecule has 232 valence electrons. The zero-order valence-electron chi connectivity index (χ0n) is 22.1. The number of carboxylic acid groups (broad SMARTS) is 2. The van der Waals surface area contributed by atoms with Crippen LogP contribution in [-0.2, 0) is 9.59 Å². The molecule has 1 unspecified atom stereocenters. The molecule has 1 aliphatic rings. The maximum atomic E-state index is 10.6. The van der Waals surface area contributed by atoms with E-state index >= 15 is 0 Å². The van der Waals surface area contributed by atoms with E-state index in [4.69, 9.17) is 24.5 Å². The molecule has 2 aromatic heterocycles. The van der Waals surface area contributed by atoms with E-state index < -0.39 is 24.3 Å². The SMILES string of the molecule is CCN1CCCC(NCCOc2ccc(-c3nc4ncc(Br)cc4[nH]3)cc2)C1.O=C(O)C(F)(F)F.O=C(O)C(F)(F)F. The summed E-state index contributed by atoms with van der Waals surface area (Å²) in [5.74, 6) is -3.83. The number of rotatable bonds is 7. The Morgan fingerprint density at radius 3 is 2.26 bits per heavy atom. The van der Waals surface area contributed by atoms with Crippen molar-refractivity contribution in [1.82, 2.24) is 25.2 Å². The molecule has 17 heteroatoms. The number of aromatic amines is 1. The number of hydrogen-bond acceptors (Lipinski definition) is 7. The number of benzene rings is 1. The van der Waals surface area contributed by atoms with Crippen LogP contribution in [0.25, 0.3) is 22.6 Å². The van der Waals surface area contributed by atoms with Crippen molar-refractivity contribution in [1.29, 1.82) is 0 Å². The molecule has 0 bridgehead atoms. The van der Waals surface area contributed by atoms with Gasteiger partial charge in [-0.2, -0.15) is 26.3 Å². The Hall–Kier alpha value is -3.44. The Balaban J connectivity index is 0.000000367. The van der Waals surface area contributed by atoms with Gasteiger partial charge in [-0.05, 0) is 72.2 Å². The van der Waals surface area contributed by atoms with Crippen molar-refractivity contribution in [3.05, 3.63) is 41.0 Å². The van der Waals surface area contributed by atoms with Gasteiger partial charge in [0.2, 0.25) is 0 Å². The first-order valence-corrected chi connectivity index (χ1v) is 13.2. The van der Waals surface area contributed by atoms with Gasteiger partial charge in [-0.25, -0.2) is 19.6 Å². The number of alkyl halides is 6. The number of halogens is 7.